The Hall–Kier alpha value is -2.34. The maximum atomic E-state index is 13.2. The molecule has 1 aromatic carbocycles. The third-order valence-electron chi connectivity index (χ3n) is 6.60. The first-order valence-corrected chi connectivity index (χ1v) is 10.9. The average molecular weight is 398 g/mol. The van der Waals surface area contributed by atoms with Gasteiger partial charge < -0.3 is 15.0 Å². The summed E-state index contributed by atoms with van der Waals surface area (Å²) in [6.45, 7) is 3.11. The number of aromatic amines is 1. The van der Waals surface area contributed by atoms with Gasteiger partial charge in [0.25, 0.3) is 0 Å². The molecule has 29 heavy (non-hydrogen) atoms. The molecule has 156 valence electrons. The number of ether oxygens (including phenoxy) is 1. The molecule has 1 aromatic heterocycles. The number of carbonyl (C=O) groups is 2. The number of carbonyl (C=O) groups excluding carboxylic acids is 2. The number of amides is 1. The van der Waals surface area contributed by atoms with Crippen molar-refractivity contribution in [1.82, 2.24) is 9.88 Å². The molecule has 0 radical (unpaired) electrons. The van der Waals surface area contributed by atoms with E-state index in [1.165, 1.54) is 32.1 Å². The van der Waals surface area contributed by atoms with Crippen molar-refractivity contribution in [3.05, 3.63) is 30.0 Å². The van der Waals surface area contributed by atoms with Crippen LogP contribution in [0.25, 0.3) is 10.9 Å². The topological polar surface area (TPSA) is 74.4 Å². The minimum atomic E-state index is -0.364. The highest BCUT2D eigenvalue weighted by Crippen LogP contribution is 2.38. The van der Waals surface area contributed by atoms with E-state index in [9.17, 15) is 9.59 Å². The van der Waals surface area contributed by atoms with Crippen molar-refractivity contribution < 1.29 is 14.3 Å². The minimum Gasteiger partial charge on any atom is -0.461 e. The number of aromatic nitrogens is 1. The molecule has 1 saturated carbocycles. The summed E-state index contributed by atoms with van der Waals surface area (Å²) in [4.78, 5) is 30.4. The van der Waals surface area contributed by atoms with E-state index in [-0.39, 0.29) is 17.9 Å². The molecule has 0 bridgehead atoms. The van der Waals surface area contributed by atoms with Gasteiger partial charge in [-0.15, -0.1) is 0 Å². The van der Waals surface area contributed by atoms with E-state index in [1.807, 2.05) is 18.2 Å². The maximum absolute atomic E-state index is 13.2. The largest absolute Gasteiger partial charge is 0.461 e. The molecule has 2 fully saturated rings. The second-order valence-corrected chi connectivity index (χ2v) is 8.47. The molecule has 1 aliphatic carbocycles. The molecule has 2 unspecified atom stereocenters. The van der Waals surface area contributed by atoms with Crippen LogP contribution >= 0.6 is 0 Å². The predicted octanol–water partition coefficient (Wildman–Crippen LogP) is 4.18. The second kappa shape index (κ2) is 8.57. The van der Waals surface area contributed by atoms with E-state index in [0.29, 0.717) is 24.1 Å². The Bertz CT molecular complexity index is 885. The SMILES string of the molecule is CCOC(=O)c1cc2cc(NC(=O)C3C(C4CCCCC4)CCN3C)ccc2[nH]1. The van der Waals surface area contributed by atoms with Crippen LogP contribution in [0.5, 0.6) is 0 Å². The quantitative estimate of drug-likeness (QED) is 0.742. The number of anilines is 1. The normalized spacial score (nSPS) is 23.4. The van der Waals surface area contributed by atoms with Crippen molar-refractivity contribution >= 4 is 28.5 Å². The number of likely N-dealkylation sites (N-methyl/N-ethyl adjacent to an activating group) is 1. The van der Waals surface area contributed by atoms with Crippen molar-refractivity contribution in [1.29, 1.82) is 0 Å². The van der Waals surface area contributed by atoms with Gasteiger partial charge in [-0.2, -0.15) is 0 Å². The molecule has 1 amide bonds. The zero-order valence-electron chi connectivity index (χ0n) is 17.4. The molecule has 1 aliphatic heterocycles. The van der Waals surface area contributed by atoms with Gasteiger partial charge in [-0.3, -0.25) is 9.69 Å². The van der Waals surface area contributed by atoms with E-state index in [1.54, 1.807) is 13.0 Å². The summed E-state index contributed by atoms with van der Waals surface area (Å²) >= 11 is 0. The third-order valence-corrected chi connectivity index (χ3v) is 6.60. The molecule has 2 atom stereocenters. The molecular weight excluding hydrogens is 366 g/mol. The van der Waals surface area contributed by atoms with Gasteiger partial charge in [0, 0.05) is 16.6 Å². The number of nitrogens with zero attached hydrogens (tertiary/aromatic N) is 1. The summed E-state index contributed by atoms with van der Waals surface area (Å²) < 4.78 is 5.06. The number of likely N-dealkylation sites (tertiary alicyclic amines) is 1. The Labute approximate surface area is 172 Å². The summed E-state index contributed by atoms with van der Waals surface area (Å²) in [5.74, 6) is 0.841. The van der Waals surface area contributed by atoms with Crippen LogP contribution in [0.1, 0.15) is 55.9 Å². The number of fused-ring (bicyclic) bond motifs is 1. The van der Waals surface area contributed by atoms with Crippen LogP contribution in [0, 0.1) is 11.8 Å². The molecule has 6 nitrogen and oxygen atoms in total. The number of nitrogens with one attached hydrogen (secondary N) is 2. The van der Waals surface area contributed by atoms with Crippen LogP contribution in [-0.4, -0.2) is 48.0 Å². The van der Waals surface area contributed by atoms with E-state index >= 15 is 0 Å². The summed E-state index contributed by atoms with van der Waals surface area (Å²) in [5, 5.41) is 4.01. The van der Waals surface area contributed by atoms with Gasteiger partial charge in [-0.1, -0.05) is 32.1 Å². The highest BCUT2D eigenvalue weighted by Gasteiger charge is 2.41. The number of hydrogen-bond acceptors (Lipinski definition) is 4. The van der Waals surface area contributed by atoms with Gasteiger partial charge in [0.05, 0.1) is 12.6 Å². The molecular formula is C23H31N3O3. The maximum Gasteiger partial charge on any atom is 0.354 e. The molecule has 2 aliphatic rings. The smallest absolute Gasteiger partial charge is 0.354 e. The van der Waals surface area contributed by atoms with Crippen molar-refractivity contribution in [2.45, 2.75) is 51.5 Å². The Balaban J connectivity index is 1.49. The Morgan fingerprint density at radius 2 is 1.97 bits per heavy atom. The Morgan fingerprint density at radius 1 is 1.17 bits per heavy atom. The van der Waals surface area contributed by atoms with Crippen LogP contribution < -0.4 is 5.32 Å². The second-order valence-electron chi connectivity index (χ2n) is 8.47. The van der Waals surface area contributed by atoms with Crippen LogP contribution in [0.3, 0.4) is 0 Å². The fourth-order valence-electron chi connectivity index (χ4n) is 5.17. The van der Waals surface area contributed by atoms with Crippen molar-refractivity contribution in [2.24, 2.45) is 11.8 Å². The number of rotatable bonds is 5. The first-order chi connectivity index (χ1) is 14.1. The van der Waals surface area contributed by atoms with Crippen LogP contribution in [0.2, 0.25) is 0 Å². The lowest BCUT2D eigenvalue weighted by atomic mass is 9.76. The summed E-state index contributed by atoms with van der Waals surface area (Å²) in [5.41, 5.74) is 2.04. The van der Waals surface area contributed by atoms with E-state index < -0.39 is 0 Å². The molecule has 4 rings (SSSR count). The number of benzene rings is 1. The Kier molecular flexibility index (Phi) is 5.90. The molecule has 6 heteroatoms. The molecule has 2 heterocycles. The van der Waals surface area contributed by atoms with Crippen LogP contribution in [0.15, 0.2) is 24.3 Å². The van der Waals surface area contributed by atoms with Gasteiger partial charge in [0.2, 0.25) is 5.91 Å². The van der Waals surface area contributed by atoms with Crippen molar-refractivity contribution in [3.8, 4) is 0 Å². The van der Waals surface area contributed by atoms with Gasteiger partial charge in [0.1, 0.15) is 5.69 Å². The molecule has 2 N–H and O–H groups in total. The van der Waals surface area contributed by atoms with E-state index in [2.05, 4.69) is 22.2 Å². The van der Waals surface area contributed by atoms with Crippen molar-refractivity contribution in [3.63, 3.8) is 0 Å². The van der Waals surface area contributed by atoms with Gasteiger partial charge in [0.15, 0.2) is 0 Å². The van der Waals surface area contributed by atoms with Crippen molar-refractivity contribution in [2.75, 3.05) is 25.5 Å². The van der Waals surface area contributed by atoms with E-state index in [0.717, 1.165) is 29.6 Å². The standard InChI is InChI=1S/C23H31N3O3/c1-3-29-23(28)20-14-16-13-17(9-10-19(16)25-20)24-22(27)21-18(11-12-26(21)2)15-7-5-4-6-8-15/h9-10,13-15,18,21,25H,3-8,11-12H2,1-2H3,(H,24,27). The molecule has 2 aromatic rings. The van der Waals surface area contributed by atoms with Gasteiger partial charge in [-0.25, -0.2) is 4.79 Å². The highest BCUT2D eigenvalue weighted by atomic mass is 16.5. The zero-order chi connectivity index (χ0) is 20.4. The van der Waals surface area contributed by atoms with Gasteiger partial charge in [-0.05, 0) is 63.0 Å². The monoisotopic (exact) mass is 397 g/mol. The third kappa shape index (κ3) is 4.17. The van der Waals surface area contributed by atoms with E-state index in [4.69, 9.17) is 4.74 Å². The Morgan fingerprint density at radius 3 is 2.72 bits per heavy atom. The highest BCUT2D eigenvalue weighted by molar-refractivity contribution is 5.99. The first-order valence-electron chi connectivity index (χ1n) is 10.9. The minimum absolute atomic E-state index is 0.0601. The number of hydrogen-bond donors (Lipinski definition) is 2. The van der Waals surface area contributed by atoms with Crippen LogP contribution in [0.4, 0.5) is 5.69 Å². The lowest BCUT2D eigenvalue weighted by Crippen LogP contribution is -2.43. The number of esters is 1. The fourth-order valence-corrected chi connectivity index (χ4v) is 5.17. The number of H-pyrrole nitrogens is 1. The van der Waals surface area contributed by atoms with Gasteiger partial charge >= 0.3 is 5.97 Å². The lowest BCUT2D eigenvalue weighted by molar-refractivity contribution is -0.121. The first kappa shape index (κ1) is 20.0. The average Bonchev–Trinajstić information content (AvgIpc) is 3.32. The zero-order valence-corrected chi connectivity index (χ0v) is 17.4. The lowest BCUT2D eigenvalue weighted by Gasteiger charge is -2.32. The summed E-state index contributed by atoms with van der Waals surface area (Å²) in [6.07, 6.45) is 7.56. The molecule has 0 spiro atoms. The fraction of sp³-hybridized carbons (Fsp3) is 0.565. The molecule has 1 saturated heterocycles. The summed E-state index contributed by atoms with van der Waals surface area (Å²) in [7, 11) is 2.06. The predicted molar refractivity (Wildman–Crippen MR) is 114 cm³/mol. The summed E-state index contributed by atoms with van der Waals surface area (Å²) in [6, 6.07) is 7.41. The van der Waals surface area contributed by atoms with Crippen LogP contribution in [-0.2, 0) is 9.53 Å².